The van der Waals surface area contributed by atoms with E-state index in [2.05, 4.69) is 10.2 Å². The van der Waals surface area contributed by atoms with E-state index in [4.69, 9.17) is 0 Å². The lowest BCUT2D eigenvalue weighted by Gasteiger charge is -2.36. The Kier molecular flexibility index (Phi) is 8.14. The van der Waals surface area contributed by atoms with Crippen molar-refractivity contribution in [2.24, 2.45) is 0 Å². The lowest BCUT2D eigenvalue weighted by atomic mass is 10.1. The predicted octanol–water partition coefficient (Wildman–Crippen LogP) is 3.19. The lowest BCUT2D eigenvalue weighted by molar-refractivity contribution is -0.132. The fourth-order valence-corrected chi connectivity index (χ4v) is 4.47. The number of thioether (sulfide) groups is 1. The predicted molar refractivity (Wildman–Crippen MR) is 118 cm³/mol. The van der Waals surface area contributed by atoms with Crippen LogP contribution in [0.15, 0.2) is 65.6 Å². The summed E-state index contributed by atoms with van der Waals surface area (Å²) in [5.74, 6) is 0.202. The molecule has 3 rings (SSSR count). The van der Waals surface area contributed by atoms with Crippen molar-refractivity contribution in [1.29, 1.82) is 0 Å². The zero-order chi connectivity index (χ0) is 20.5. The average Bonchev–Trinajstić information content (AvgIpc) is 2.77. The first-order chi connectivity index (χ1) is 14.2. The SMILES string of the molecule is CCCNC(=O)CN1CCN(C(=O)C(Sc2ccccc2)c2ccccc2)CC1. The van der Waals surface area contributed by atoms with Gasteiger partial charge in [-0.25, -0.2) is 0 Å². The Hall–Kier alpha value is -2.31. The molecular formula is C23H29N3O2S. The molecule has 154 valence electrons. The number of rotatable bonds is 8. The van der Waals surface area contributed by atoms with Gasteiger partial charge in [0.1, 0.15) is 5.25 Å². The average molecular weight is 412 g/mol. The Morgan fingerprint density at radius 2 is 1.59 bits per heavy atom. The molecule has 2 amide bonds. The zero-order valence-electron chi connectivity index (χ0n) is 16.9. The molecule has 0 aliphatic carbocycles. The molecule has 1 heterocycles. The number of carbonyl (C=O) groups is 2. The van der Waals surface area contributed by atoms with Crippen LogP contribution in [0.3, 0.4) is 0 Å². The van der Waals surface area contributed by atoms with Gasteiger partial charge in [0.15, 0.2) is 0 Å². The molecule has 1 saturated heterocycles. The molecule has 0 saturated carbocycles. The van der Waals surface area contributed by atoms with E-state index in [9.17, 15) is 9.59 Å². The monoisotopic (exact) mass is 411 g/mol. The number of nitrogens with zero attached hydrogens (tertiary/aromatic N) is 2. The molecule has 1 unspecified atom stereocenters. The van der Waals surface area contributed by atoms with Crippen LogP contribution >= 0.6 is 11.8 Å². The van der Waals surface area contributed by atoms with E-state index >= 15 is 0 Å². The highest BCUT2D eigenvalue weighted by atomic mass is 32.2. The first-order valence-electron chi connectivity index (χ1n) is 10.2. The highest BCUT2D eigenvalue weighted by Crippen LogP contribution is 2.36. The molecule has 0 aromatic heterocycles. The van der Waals surface area contributed by atoms with Crippen LogP contribution in [0.4, 0.5) is 0 Å². The van der Waals surface area contributed by atoms with Crippen molar-refractivity contribution < 1.29 is 9.59 Å². The minimum absolute atomic E-state index is 0.0634. The van der Waals surface area contributed by atoms with Crippen molar-refractivity contribution in [1.82, 2.24) is 15.1 Å². The van der Waals surface area contributed by atoms with Crippen molar-refractivity contribution in [2.45, 2.75) is 23.5 Å². The van der Waals surface area contributed by atoms with Crippen LogP contribution in [0.1, 0.15) is 24.2 Å². The molecule has 1 aliphatic rings. The zero-order valence-corrected chi connectivity index (χ0v) is 17.7. The van der Waals surface area contributed by atoms with Crippen LogP contribution in [-0.2, 0) is 9.59 Å². The van der Waals surface area contributed by atoms with Crippen molar-refractivity contribution in [3.05, 3.63) is 66.2 Å². The molecule has 2 aromatic rings. The van der Waals surface area contributed by atoms with Gasteiger partial charge in [0.25, 0.3) is 0 Å². The van der Waals surface area contributed by atoms with Gasteiger partial charge in [-0.2, -0.15) is 0 Å². The van der Waals surface area contributed by atoms with Crippen LogP contribution in [0, 0.1) is 0 Å². The Morgan fingerprint density at radius 1 is 0.966 bits per heavy atom. The van der Waals surface area contributed by atoms with Gasteiger partial charge in [-0.3, -0.25) is 14.5 Å². The normalized spacial score (nSPS) is 15.7. The first kappa shape index (κ1) is 21.4. The maximum Gasteiger partial charge on any atom is 0.240 e. The summed E-state index contributed by atoms with van der Waals surface area (Å²) in [4.78, 5) is 30.5. The Bertz CT molecular complexity index is 777. The Balaban J connectivity index is 1.62. The number of benzene rings is 2. The van der Waals surface area contributed by atoms with Gasteiger partial charge in [0, 0.05) is 37.6 Å². The summed E-state index contributed by atoms with van der Waals surface area (Å²) < 4.78 is 0. The quantitative estimate of drug-likeness (QED) is 0.678. The van der Waals surface area contributed by atoms with Gasteiger partial charge in [-0.15, -0.1) is 11.8 Å². The van der Waals surface area contributed by atoms with E-state index in [1.54, 1.807) is 11.8 Å². The molecule has 0 radical (unpaired) electrons. The third kappa shape index (κ3) is 6.34. The standard InChI is InChI=1S/C23H29N3O2S/c1-2-13-24-21(27)18-25-14-16-26(17-15-25)23(28)22(19-9-5-3-6-10-19)29-20-11-7-4-8-12-20/h3-12,22H,2,13-18H2,1H3,(H,24,27). The van der Waals surface area contributed by atoms with Crippen molar-refractivity contribution in [3.63, 3.8) is 0 Å². The fraction of sp³-hybridized carbons (Fsp3) is 0.391. The first-order valence-corrected chi connectivity index (χ1v) is 11.1. The van der Waals surface area contributed by atoms with Gasteiger partial charge < -0.3 is 10.2 Å². The topological polar surface area (TPSA) is 52.7 Å². The molecule has 1 aliphatic heterocycles. The fourth-order valence-electron chi connectivity index (χ4n) is 3.34. The summed E-state index contributed by atoms with van der Waals surface area (Å²) in [5, 5.41) is 2.65. The number of amides is 2. The third-order valence-corrected chi connectivity index (χ3v) is 6.20. The number of nitrogens with one attached hydrogen (secondary N) is 1. The van der Waals surface area contributed by atoms with Crippen LogP contribution in [-0.4, -0.2) is 60.9 Å². The van der Waals surface area contributed by atoms with Crippen molar-refractivity contribution >= 4 is 23.6 Å². The lowest BCUT2D eigenvalue weighted by Crippen LogP contribution is -2.51. The molecule has 2 aromatic carbocycles. The largest absolute Gasteiger partial charge is 0.355 e. The summed E-state index contributed by atoms with van der Waals surface area (Å²) in [6, 6.07) is 20.0. The van der Waals surface area contributed by atoms with E-state index in [-0.39, 0.29) is 17.1 Å². The smallest absolute Gasteiger partial charge is 0.240 e. The minimum Gasteiger partial charge on any atom is -0.355 e. The maximum atomic E-state index is 13.4. The molecule has 1 fully saturated rings. The summed E-state index contributed by atoms with van der Waals surface area (Å²) in [5.41, 5.74) is 1.02. The summed E-state index contributed by atoms with van der Waals surface area (Å²) in [7, 11) is 0. The molecule has 6 heteroatoms. The van der Waals surface area contributed by atoms with E-state index in [1.807, 2.05) is 72.5 Å². The maximum absolute atomic E-state index is 13.4. The molecule has 29 heavy (non-hydrogen) atoms. The van der Waals surface area contributed by atoms with Crippen molar-refractivity contribution in [3.8, 4) is 0 Å². The number of carbonyl (C=O) groups excluding carboxylic acids is 2. The molecule has 5 nitrogen and oxygen atoms in total. The number of piperazine rings is 1. The summed E-state index contributed by atoms with van der Waals surface area (Å²) in [6.45, 7) is 5.92. The van der Waals surface area contributed by atoms with E-state index in [0.717, 1.165) is 30.0 Å². The Labute approximate surface area is 177 Å². The number of hydrogen-bond acceptors (Lipinski definition) is 4. The van der Waals surface area contributed by atoms with Crippen LogP contribution < -0.4 is 5.32 Å². The van der Waals surface area contributed by atoms with Gasteiger partial charge in [-0.1, -0.05) is 55.5 Å². The van der Waals surface area contributed by atoms with Gasteiger partial charge in [0.2, 0.25) is 11.8 Å². The summed E-state index contributed by atoms with van der Waals surface area (Å²) >= 11 is 1.60. The second kappa shape index (κ2) is 11.0. The summed E-state index contributed by atoms with van der Waals surface area (Å²) in [6.07, 6.45) is 0.938. The van der Waals surface area contributed by atoms with E-state index < -0.39 is 0 Å². The van der Waals surface area contributed by atoms with E-state index in [0.29, 0.717) is 26.2 Å². The third-order valence-electron chi connectivity index (χ3n) is 4.95. The molecular weight excluding hydrogens is 382 g/mol. The van der Waals surface area contributed by atoms with Gasteiger partial charge >= 0.3 is 0 Å². The van der Waals surface area contributed by atoms with Crippen LogP contribution in [0.25, 0.3) is 0 Å². The minimum atomic E-state index is -0.266. The highest BCUT2D eigenvalue weighted by molar-refractivity contribution is 8.00. The van der Waals surface area contributed by atoms with Crippen LogP contribution in [0.2, 0.25) is 0 Å². The molecule has 0 bridgehead atoms. The molecule has 1 atom stereocenters. The second-order valence-electron chi connectivity index (χ2n) is 7.17. The molecule has 0 spiro atoms. The Morgan fingerprint density at radius 3 is 2.21 bits per heavy atom. The van der Waals surface area contributed by atoms with Crippen LogP contribution in [0.5, 0.6) is 0 Å². The molecule has 1 N–H and O–H groups in total. The van der Waals surface area contributed by atoms with Gasteiger partial charge in [0.05, 0.1) is 6.54 Å². The van der Waals surface area contributed by atoms with E-state index in [1.165, 1.54) is 0 Å². The van der Waals surface area contributed by atoms with Crippen molar-refractivity contribution in [2.75, 3.05) is 39.3 Å². The van der Waals surface area contributed by atoms with Gasteiger partial charge in [-0.05, 0) is 24.1 Å². The number of hydrogen-bond donors (Lipinski definition) is 1. The second-order valence-corrected chi connectivity index (χ2v) is 8.35. The highest BCUT2D eigenvalue weighted by Gasteiger charge is 2.29.